The quantitative estimate of drug-likeness (QED) is 0.821. The van der Waals surface area contributed by atoms with Gasteiger partial charge >= 0.3 is 0 Å². The van der Waals surface area contributed by atoms with Crippen LogP contribution in [0.1, 0.15) is 36.8 Å². The molecule has 144 valence electrons. The molecule has 0 saturated carbocycles. The Morgan fingerprint density at radius 2 is 1.92 bits per heavy atom. The van der Waals surface area contributed by atoms with Crippen LogP contribution in [0, 0.1) is 5.92 Å². The van der Waals surface area contributed by atoms with E-state index in [-0.39, 0.29) is 35.1 Å². The normalized spacial score (nSPS) is 25.5. The van der Waals surface area contributed by atoms with Crippen molar-refractivity contribution in [3.8, 4) is 0 Å². The second kappa shape index (κ2) is 7.15. The predicted octanol–water partition coefficient (Wildman–Crippen LogP) is 0.517. The van der Waals surface area contributed by atoms with Crippen LogP contribution in [0.4, 0.5) is 0 Å². The fourth-order valence-electron chi connectivity index (χ4n) is 4.05. The van der Waals surface area contributed by atoms with Crippen molar-refractivity contribution in [1.82, 2.24) is 14.8 Å². The standard InChI is InChI=1S/C18H27N3O4S/c1-4-14-7-13(8-17(22)19-14)18(23)21-6-5-20(9-12(2)3)15-10-26(24,25)11-16(15)21/h7-8,12,15-16H,4-6,9-11H2,1-3H3,(H,19,22)/t15-,16+/m0/s1. The zero-order valence-electron chi connectivity index (χ0n) is 15.6. The van der Waals surface area contributed by atoms with E-state index in [2.05, 4.69) is 23.7 Å². The minimum Gasteiger partial charge on any atom is -0.332 e. The highest BCUT2D eigenvalue weighted by Gasteiger charge is 2.48. The number of aromatic amines is 1. The predicted molar refractivity (Wildman–Crippen MR) is 100 cm³/mol. The van der Waals surface area contributed by atoms with Crippen molar-refractivity contribution in [3.63, 3.8) is 0 Å². The van der Waals surface area contributed by atoms with Crippen molar-refractivity contribution in [2.24, 2.45) is 5.92 Å². The van der Waals surface area contributed by atoms with Crippen LogP contribution >= 0.6 is 0 Å². The first-order chi connectivity index (χ1) is 12.2. The van der Waals surface area contributed by atoms with Crippen LogP contribution in [0.5, 0.6) is 0 Å². The van der Waals surface area contributed by atoms with Crippen molar-refractivity contribution < 1.29 is 13.2 Å². The molecule has 2 fully saturated rings. The van der Waals surface area contributed by atoms with Gasteiger partial charge in [-0.05, 0) is 18.4 Å². The molecule has 1 aromatic heterocycles. The first-order valence-corrected chi connectivity index (χ1v) is 11.0. The molecule has 0 radical (unpaired) electrons. The van der Waals surface area contributed by atoms with Gasteiger partial charge in [-0.3, -0.25) is 14.5 Å². The van der Waals surface area contributed by atoms with Gasteiger partial charge in [0, 0.05) is 43.0 Å². The molecule has 2 aliphatic heterocycles. The smallest absolute Gasteiger partial charge is 0.254 e. The molecule has 8 heteroatoms. The van der Waals surface area contributed by atoms with Gasteiger partial charge in [0.1, 0.15) is 0 Å². The Labute approximate surface area is 154 Å². The molecule has 0 bridgehead atoms. The number of aryl methyl sites for hydroxylation is 1. The Kier molecular flexibility index (Phi) is 5.25. The van der Waals surface area contributed by atoms with Gasteiger partial charge in [-0.1, -0.05) is 20.8 Å². The van der Waals surface area contributed by atoms with E-state index in [9.17, 15) is 18.0 Å². The van der Waals surface area contributed by atoms with Crippen LogP contribution in [-0.2, 0) is 16.3 Å². The number of hydrogen-bond acceptors (Lipinski definition) is 5. The van der Waals surface area contributed by atoms with Crippen molar-refractivity contribution in [2.75, 3.05) is 31.1 Å². The number of rotatable bonds is 4. The largest absolute Gasteiger partial charge is 0.332 e. The number of nitrogens with one attached hydrogen (secondary N) is 1. The maximum atomic E-state index is 13.1. The summed E-state index contributed by atoms with van der Waals surface area (Å²) in [5.74, 6) is 0.286. The molecule has 2 saturated heterocycles. The van der Waals surface area contributed by atoms with Gasteiger partial charge in [-0.2, -0.15) is 0 Å². The van der Waals surface area contributed by atoms with Crippen molar-refractivity contribution in [1.29, 1.82) is 0 Å². The van der Waals surface area contributed by atoms with Gasteiger partial charge in [0.25, 0.3) is 5.91 Å². The number of hydrogen-bond donors (Lipinski definition) is 1. The number of pyridine rings is 1. The average Bonchev–Trinajstić information content (AvgIpc) is 2.89. The third kappa shape index (κ3) is 3.86. The summed E-state index contributed by atoms with van der Waals surface area (Å²) < 4.78 is 24.5. The van der Waals surface area contributed by atoms with Gasteiger partial charge < -0.3 is 9.88 Å². The summed E-state index contributed by atoms with van der Waals surface area (Å²) in [6.45, 7) is 8.09. The molecule has 1 amide bonds. The van der Waals surface area contributed by atoms with Crippen molar-refractivity contribution in [3.05, 3.63) is 33.7 Å². The fourth-order valence-corrected chi connectivity index (χ4v) is 6.07. The van der Waals surface area contributed by atoms with Gasteiger partial charge in [0.05, 0.1) is 17.5 Å². The molecule has 2 atom stereocenters. The van der Waals surface area contributed by atoms with Crippen molar-refractivity contribution >= 4 is 15.7 Å². The SMILES string of the molecule is CCc1cc(C(=O)N2CCN(CC(C)C)[C@H]3CS(=O)(=O)C[C@H]32)cc(=O)[nH]1. The monoisotopic (exact) mass is 381 g/mol. The number of sulfone groups is 1. The van der Waals surface area contributed by atoms with Gasteiger partial charge in [-0.15, -0.1) is 0 Å². The Morgan fingerprint density at radius 1 is 1.23 bits per heavy atom. The van der Waals surface area contributed by atoms with Crippen LogP contribution in [0.3, 0.4) is 0 Å². The van der Waals surface area contributed by atoms with Crippen LogP contribution in [0.15, 0.2) is 16.9 Å². The van der Waals surface area contributed by atoms with E-state index < -0.39 is 9.84 Å². The number of carbonyl (C=O) groups is 1. The summed E-state index contributed by atoms with van der Waals surface area (Å²) in [7, 11) is -3.17. The van der Waals surface area contributed by atoms with E-state index in [1.807, 2.05) is 6.92 Å². The summed E-state index contributed by atoms with van der Waals surface area (Å²) in [5, 5.41) is 0. The fraction of sp³-hybridized carbons (Fsp3) is 0.667. The van der Waals surface area contributed by atoms with E-state index in [0.29, 0.717) is 36.7 Å². The van der Waals surface area contributed by atoms with E-state index in [1.165, 1.54) is 6.07 Å². The lowest BCUT2D eigenvalue weighted by Gasteiger charge is -2.44. The number of nitrogens with zero attached hydrogens (tertiary/aromatic N) is 2. The summed E-state index contributed by atoms with van der Waals surface area (Å²) in [6.07, 6.45) is 0.624. The molecule has 1 N–H and O–H groups in total. The zero-order chi connectivity index (χ0) is 19.1. The molecule has 7 nitrogen and oxygen atoms in total. The lowest BCUT2D eigenvalue weighted by molar-refractivity contribution is 0.0297. The summed E-state index contributed by atoms with van der Waals surface area (Å²) in [6, 6.07) is 2.50. The van der Waals surface area contributed by atoms with Crippen molar-refractivity contribution in [2.45, 2.75) is 39.3 Å². The molecule has 3 heterocycles. The second-order valence-corrected chi connectivity index (χ2v) is 9.86. The highest BCUT2D eigenvalue weighted by atomic mass is 32.2. The highest BCUT2D eigenvalue weighted by molar-refractivity contribution is 7.91. The minimum absolute atomic E-state index is 0.00181. The topological polar surface area (TPSA) is 90.6 Å². The Hall–Kier alpha value is -1.67. The number of amides is 1. The molecule has 26 heavy (non-hydrogen) atoms. The van der Waals surface area contributed by atoms with Gasteiger partial charge in [-0.25, -0.2) is 8.42 Å². The maximum Gasteiger partial charge on any atom is 0.254 e. The molecule has 0 aliphatic carbocycles. The van der Waals surface area contributed by atoms with E-state index in [0.717, 1.165) is 6.54 Å². The number of carbonyl (C=O) groups excluding carboxylic acids is 1. The van der Waals surface area contributed by atoms with Gasteiger partial charge in [0.2, 0.25) is 5.56 Å². The molecule has 3 rings (SSSR count). The summed E-state index contributed by atoms with van der Waals surface area (Å²) >= 11 is 0. The third-order valence-corrected chi connectivity index (χ3v) is 6.88. The van der Waals surface area contributed by atoms with E-state index in [4.69, 9.17) is 0 Å². The van der Waals surface area contributed by atoms with Crippen LogP contribution in [0.25, 0.3) is 0 Å². The molecule has 0 aromatic carbocycles. The van der Waals surface area contributed by atoms with E-state index in [1.54, 1.807) is 11.0 Å². The number of fused-ring (bicyclic) bond motifs is 1. The number of H-pyrrole nitrogens is 1. The van der Waals surface area contributed by atoms with E-state index >= 15 is 0 Å². The summed E-state index contributed by atoms with van der Waals surface area (Å²) in [5.41, 5.74) is 0.739. The van der Waals surface area contributed by atoms with Gasteiger partial charge in [0.15, 0.2) is 9.84 Å². The molecule has 1 aromatic rings. The molecule has 0 unspecified atom stereocenters. The first kappa shape index (κ1) is 19.1. The number of aromatic nitrogens is 1. The Balaban J connectivity index is 1.90. The third-order valence-electron chi connectivity index (χ3n) is 5.18. The number of piperazine rings is 1. The average molecular weight is 381 g/mol. The molecular formula is C18H27N3O4S. The molecular weight excluding hydrogens is 354 g/mol. The zero-order valence-corrected chi connectivity index (χ0v) is 16.4. The minimum atomic E-state index is -3.17. The van der Waals surface area contributed by atoms with Crippen LogP contribution in [-0.4, -0.2) is 72.3 Å². The molecule has 2 aliphatic rings. The lowest BCUT2D eigenvalue weighted by atomic mass is 10.0. The molecule has 0 spiro atoms. The first-order valence-electron chi connectivity index (χ1n) is 9.19. The lowest BCUT2D eigenvalue weighted by Crippen LogP contribution is -2.61. The maximum absolute atomic E-state index is 13.1. The van der Waals surface area contributed by atoms with Crippen LogP contribution in [0.2, 0.25) is 0 Å². The Bertz CT molecular complexity index is 846. The highest BCUT2D eigenvalue weighted by Crippen LogP contribution is 2.28. The van der Waals surface area contributed by atoms with Crippen LogP contribution < -0.4 is 5.56 Å². The Morgan fingerprint density at radius 3 is 2.58 bits per heavy atom. The summed E-state index contributed by atoms with van der Waals surface area (Å²) in [4.78, 5) is 31.5. The second-order valence-electron chi connectivity index (χ2n) is 7.71.